The second-order valence-corrected chi connectivity index (χ2v) is 7.79. The van der Waals surface area contributed by atoms with Gasteiger partial charge in [-0.2, -0.15) is 4.98 Å². The highest BCUT2D eigenvalue weighted by Crippen LogP contribution is 2.40. The van der Waals surface area contributed by atoms with Gasteiger partial charge in [0.2, 0.25) is 5.91 Å². The van der Waals surface area contributed by atoms with Crippen LogP contribution in [0.3, 0.4) is 0 Å². The van der Waals surface area contributed by atoms with Crippen molar-refractivity contribution in [2.24, 2.45) is 7.05 Å². The minimum absolute atomic E-state index is 0.131. The minimum Gasteiger partial charge on any atom is -0.496 e. The molecule has 25 heavy (non-hydrogen) atoms. The smallest absolute Gasteiger partial charge is 0.279 e. The zero-order valence-electron chi connectivity index (χ0n) is 14.1. The average Bonchev–Trinajstić information content (AvgIpc) is 2.58. The lowest BCUT2D eigenvalue weighted by atomic mass is 9.86. The molecule has 0 spiro atoms. The molecule has 1 atom stereocenters. The van der Waals surface area contributed by atoms with E-state index < -0.39 is 5.92 Å². The highest BCUT2D eigenvalue weighted by molar-refractivity contribution is 9.10. The Bertz CT molecular complexity index is 897. The number of hydrogen-bond donors (Lipinski definition) is 1. The van der Waals surface area contributed by atoms with E-state index in [1.165, 1.54) is 11.8 Å². The molecule has 1 N–H and O–H groups in total. The van der Waals surface area contributed by atoms with Crippen LogP contribution in [0.1, 0.15) is 30.4 Å². The van der Waals surface area contributed by atoms with Crippen LogP contribution in [0.5, 0.6) is 5.75 Å². The second kappa shape index (κ2) is 7.21. The Kier molecular flexibility index (Phi) is 5.19. The maximum Gasteiger partial charge on any atom is 0.279 e. The molecule has 3 rings (SSSR count). The first-order valence-electron chi connectivity index (χ1n) is 7.83. The molecule has 0 radical (unpaired) electrons. The number of amides is 1. The van der Waals surface area contributed by atoms with Gasteiger partial charge in [0.1, 0.15) is 11.6 Å². The summed E-state index contributed by atoms with van der Waals surface area (Å²) in [5.41, 5.74) is 0.984. The van der Waals surface area contributed by atoms with Crippen LogP contribution in [-0.2, 0) is 11.8 Å². The van der Waals surface area contributed by atoms with E-state index in [4.69, 9.17) is 4.74 Å². The number of fused-ring (bicyclic) bond motifs is 1. The van der Waals surface area contributed by atoms with Crippen LogP contribution in [-0.4, -0.2) is 28.3 Å². The number of carbonyl (C=O) groups excluding carboxylic acids is 1. The number of carbonyl (C=O) groups is 1. The summed E-state index contributed by atoms with van der Waals surface area (Å²) in [7, 11) is 3.39. The standard InChI is InChI=1S/C17H18BrN3O3S/c1-4-25-17-20-16(23)14-11(8-13(22)19-15(14)21(17)2)10-7-9(18)5-6-12(10)24-3/h5-7,11H,4,8H2,1-3H3,(H,19,22)/t11-/m0/s1. The maximum atomic E-state index is 12.7. The van der Waals surface area contributed by atoms with E-state index in [-0.39, 0.29) is 17.9 Å². The van der Waals surface area contributed by atoms with Crippen LogP contribution in [0.25, 0.3) is 0 Å². The minimum atomic E-state index is -0.400. The van der Waals surface area contributed by atoms with Gasteiger partial charge in [-0.05, 0) is 24.0 Å². The van der Waals surface area contributed by atoms with E-state index in [1.807, 2.05) is 32.2 Å². The molecule has 1 aromatic heterocycles. The Balaban J connectivity index is 2.24. The van der Waals surface area contributed by atoms with Gasteiger partial charge < -0.3 is 14.6 Å². The lowest BCUT2D eigenvalue weighted by molar-refractivity contribution is -0.116. The normalized spacial score (nSPS) is 16.3. The number of aromatic nitrogens is 2. The summed E-state index contributed by atoms with van der Waals surface area (Å²) in [6.45, 7) is 1.99. The summed E-state index contributed by atoms with van der Waals surface area (Å²) in [6.07, 6.45) is 0.178. The molecule has 2 heterocycles. The number of methoxy groups -OCH3 is 1. The molecular weight excluding hydrogens is 406 g/mol. The van der Waals surface area contributed by atoms with Crippen molar-refractivity contribution in [1.29, 1.82) is 0 Å². The molecule has 1 amide bonds. The maximum absolute atomic E-state index is 12.7. The quantitative estimate of drug-likeness (QED) is 0.603. The highest BCUT2D eigenvalue weighted by atomic mass is 79.9. The Labute approximate surface area is 158 Å². The molecule has 0 saturated carbocycles. The molecule has 132 valence electrons. The molecule has 1 aliphatic rings. The monoisotopic (exact) mass is 423 g/mol. The number of nitrogens with zero attached hydrogens (tertiary/aromatic N) is 2. The third-order valence-electron chi connectivity index (χ3n) is 4.14. The van der Waals surface area contributed by atoms with E-state index in [1.54, 1.807) is 11.7 Å². The summed E-state index contributed by atoms with van der Waals surface area (Å²) in [5.74, 6) is 1.41. The molecule has 0 aliphatic carbocycles. The van der Waals surface area contributed by atoms with Crippen molar-refractivity contribution in [3.63, 3.8) is 0 Å². The fourth-order valence-electron chi connectivity index (χ4n) is 3.04. The first-order chi connectivity index (χ1) is 12.0. The molecule has 2 aromatic rings. The van der Waals surface area contributed by atoms with Crippen LogP contribution < -0.4 is 15.6 Å². The van der Waals surface area contributed by atoms with Gasteiger partial charge in [-0.25, -0.2) is 0 Å². The van der Waals surface area contributed by atoms with Crippen molar-refractivity contribution in [1.82, 2.24) is 9.55 Å². The van der Waals surface area contributed by atoms with Crippen LogP contribution in [0, 0.1) is 0 Å². The molecule has 0 unspecified atom stereocenters. The molecule has 6 nitrogen and oxygen atoms in total. The van der Waals surface area contributed by atoms with Gasteiger partial charge in [-0.1, -0.05) is 34.6 Å². The van der Waals surface area contributed by atoms with Gasteiger partial charge in [-0.3, -0.25) is 9.59 Å². The number of nitrogens with one attached hydrogen (secondary N) is 1. The van der Waals surface area contributed by atoms with E-state index in [2.05, 4.69) is 26.2 Å². The van der Waals surface area contributed by atoms with E-state index in [9.17, 15) is 9.59 Å². The summed E-state index contributed by atoms with van der Waals surface area (Å²) < 4.78 is 8.09. The fraction of sp³-hybridized carbons (Fsp3) is 0.353. The van der Waals surface area contributed by atoms with Gasteiger partial charge in [-0.15, -0.1) is 0 Å². The summed E-state index contributed by atoms with van der Waals surface area (Å²) >= 11 is 4.92. The molecule has 0 bridgehead atoms. The SMILES string of the molecule is CCSc1nc(=O)c2c(n1C)NC(=O)C[C@H]2c1cc(Br)ccc1OC. The Morgan fingerprint density at radius 1 is 1.44 bits per heavy atom. The van der Waals surface area contributed by atoms with Crippen molar-refractivity contribution in [2.75, 3.05) is 18.2 Å². The number of benzene rings is 1. The summed E-state index contributed by atoms with van der Waals surface area (Å²) in [4.78, 5) is 29.3. The number of rotatable bonds is 4. The molecule has 1 aliphatic heterocycles. The van der Waals surface area contributed by atoms with Crippen molar-refractivity contribution < 1.29 is 9.53 Å². The first kappa shape index (κ1) is 18.0. The van der Waals surface area contributed by atoms with Crippen molar-refractivity contribution in [3.8, 4) is 5.75 Å². The second-order valence-electron chi connectivity index (χ2n) is 5.65. The topological polar surface area (TPSA) is 73.2 Å². The van der Waals surface area contributed by atoms with E-state index >= 15 is 0 Å². The van der Waals surface area contributed by atoms with Crippen molar-refractivity contribution in [2.45, 2.75) is 24.4 Å². The van der Waals surface area contributed by atoms with E-state index in [0.29, 0.717) is 22.3 Å². The molecule has 0 saturated heterocycles. The number of ether oxygens (including phenoxy) is 1. The summed E-state index contributed by atoms with van der Waals surface area (Å²) in [6, 6.07) is 5.58. The van der Waals surface area contributed by atoms with Gasteiger partial charge in [0.05, 0.1) is 12.7 Å². The highest BCUT2D eigenvalue weighted by Gasteiger charge is 2.33. The average molecular weight is 424 g/mol. The third kappa shape index (κ3) is 3.32. The number of anilines is 1. The predicted octanol–water partition coefficient (Wildman–Crippen LogP) is 3.14. The van der Waals surface area contributed by atoms with Crippen molar-refractivity contribution in [3.05, 3.63) is 44.2 Å². The van der Waals surface area contributed by atoms with E-state index in [0.717, 1.165) is 15.8 Å². The van der Waals surface area contributed by atoms with Gasteiger partial charge in [0.15, 0.2) is 5.16 Å². The molecular formula is C17H18BrN3O3S. The third-order valence-corrected chi connectivity index (χ3v) is 5.55. The molecule has 1 aromatic carbocycles. The number of hydrogen-bond acceptors (Lipinski definition) is 5. The van der Waals surface area contributed by atoms with Crippen LogP contribution in [0.15, 0.2) is 32.6 Å². The molecule has 0 fully saturated rings. The zero-order valence-corrected chi connectivity index (χ0v) is 16.5. The lowest BCUT2D eigenvalue weighted by Gasteiger charge is -2.28. The largest absolute Gasteiger partial charge is 0.496 e. The van der Waals surface area contributed by atoms with Crippen molar-refractivity contribution >= 4 is 39.4 Å². The lowest BCUT2D eigenvalue weighted by Crippen LogP contribution is -2.33. The Morgan fingerprint density at radius 3 is 2.88 bits per heavy atom. The fourth-order valence-corrected chi connectivity index (χ4v) is 4.11. The number of halogens is 1. The van der Waals surface area contributed by atoms with Gasteiger partial charge in [0.25, 0.3) is 5.56 Å². The Hall–Kier alpha value is -1.80. The van der Waals surface area contributed by atoms with Crippen LogP contribution >= 0.6 is 27.7 Å². The predicted molar refractivity (Wildman–Crippen MR) is 102 cm³/mol. The van der Waals surface area contributed by atoms with Crippen LogP contribution in [0.2, 0.25) is 0 Å². The first-order valence-corrected chi connectivity index (χ1v) is 9.61. The molecule has 8 heteroatoms. The number of thioether (sulfide) groups is 1. The van der Waals surface area contributed by atoms with Crippen LogP contribution in [0.4, 0.5) is 5.82 Å². The van der Waals surface area contributed by atoms with Gasteiger partial charge in [0, 0.05) is 29.4 Å². The zero-order chi connectivity index (χ0) is 18.1. The Morgan fingerprint density at radius 2 is 2.20 bits per heavy atom. The summed E-state index contributed by atoms with van der Waals surface area (Å²) in [5, 5.41) is 3.43. The van der Waals surface area contributed by atoms with Gasteiger partial charge >= 0.3 is 0 Å².